The number of hydrogen-bond donors (Lipinski definition) is 2. The van der Waals surface area contributed by atoms with Crippen molar-refractivity contribution in [1.82, 2.24) is 15.1 Å². The van der Waals surface area contributed by atoms with E-state index in [0.29, 0.717) is 17.6 Å². The zero-order valence-electron chi connectivity index (χ0n) is 16.9. The van der Waals surface area contributed by atoms with E-state index in [1.807, 2.05) is 30.3 Å². The summed E-state index contributed by atoms with van der Waals surface area (Å²) < 4.78 is 43.1. The lowest BCUT2D eigenvalue weighted by atomic mass is 10.1. The first kappa shape index (κ1) is 21.8. The van der Waals surface area contributed by atoms with Crippen molar-refractivity contribution in [3.05, 3.63) is 59.8 Å². The van der Waals surface area contributed by atoms with Gasteiger partial charge in [0, 0.05) is 24.2 Å². The van der Waals surface area contributed by atoms with Gasteiger partial charge in [-0.2, -0.15) is 18.3 Å². The monoisotopic (exact) mass is 446 g/mol. The van der Waals surface area contributed by atoms with Gasteiger partial charge in [0.2, 0.25) is 0 Å². The van der Waals surface area contributed by atoms with Crippen LogP contribution < -0.4 is 11.1 Å². The van der Waals surface area contributed by atoms with Gasteiger partial charge in [0.1, 0.15) is 12.1 Å². The molecule has 10 heteroatoms. The highest BCUT2D eigenvalue weighted by Gasteiger charge is 2.42. The van der Waals surface area contributed by atoms with Gasteiger partial charge in [-0.3, -0.25) is 4.79 Å². The number of halogens is 3. The number of esters is 1. The van der Waals surface area contributed by atoms with Crippen molar-refractivity contribution in [3.63, 3.8) is 0 Å². The number of hydrogen-bond acceptors (Lipinski definition) is 5. The summed E-state index contributed by atoms with van der Waals surface area (Å²) in [4.78, 5) is 22.6. The second-order valence-corrected chi connectivity index (χ2v) is 7.77. The first-order valence-electron chi connectivity index (χ1n) is 10.1. The predicted molar refractivity (Wildman–Crippen MR) is 110 cm³/mol. The number of nitrogens with two attached hydrogens (primary N) is 1. The zero-order chi connectivity index (χ0) is 22.9. The van der Waals surface area contributed by atoms with Gasteiger partial charge in [-0.1, -0.05) is 24.3 Å². The third-order valence-electron chi connectivity index (χ3n) is 5.39. The fraction of sp³-hybridized carbons (Fsp3) is 0.318. The van der Waals surface area contributed by atoms with E-state index in [-0.39, 0.29) is 18.6 Å². The van der Waals surface area contributed by atoms with Gasteiger partial charge >= 0.3 is 12.1 Å². The molecule has 1 unspecified atom stereocenters. The minimum absolute atomic E-state index is 0.200. The molecule has 0 aliphatic heterocycles. The van der Waals surface area contributed by atoms with E-state index >= 15 is 0 Å². The Morgan fingerprint density at radius 2 is 1.91 bits per heavy atom. The Bertz CT molecular complexity index is 1140. The average Bonchev–Trinajstić information content (AvgIpc) is 3.50. The number of rotatable bonds is 8. The normalized spacial score (nSPS) is 15.0. The van der Waals surface area contributed by atoms with Crippen LogP contribution in [-0.2, 0) is 16.1 Å². The van der Waals surface area contributed by atoms with E-state index in [0.717, 1.165) is 29.5 Å². The Morgan fingerprint density at radius 3 is 2.53 bits per heavy atom. The van der Waals surface area contributed by atoms with E-state index in [9.17, 15) is 22.8 Å². The number of primary amides is 1. The minimum atomic E-state index is -4.99. The maximum atomic E-state index is 12.3. The fourth-order valence-electron chi connectivity index (χ4n) is 3.50. The number of carbonyl (C=O) groups excluding carboxylic acids is 2. The summed E-state index contributed by atoms with van der Waals surface area (Å²) in [6.07, 6.45) is -1.41. The Kier molecular flexibility index (Phi) is 5.88. The highest BCUT2D eigenvalue weighted by Crippen LogP contribution is 2.33. The number of aromatic nitrogens is 2. The summed E-state index contributed by atoms with van der Waals surface area (Å²) in [6.45, 7) is 0.0983. The quantitative estimate of drug-likeness (QED) is 0.518. The molecule has 0 spiro atoms. The molecule has 168 valence electrons. The summed E-state index contributed by atoms with van der Waals surface area (Å²) in [5, 5.41) is 8.43. The number of nitrogens with zero attached hydrogens (tertiary/aromatic N) is 2. The Morgan fingerprint density at radius 1 is 1.19 bits per heavy atom. The molecule has 1 amide bonds. The van der Waals surface area contributed by atoms with Crippen molar-refractivity contribution in [3.8, 4) is 5.69 Å². The van der Waals surface area contributed by atoms with Gasteiger partial charge in [0.25, 0.3) is 5.91 Å². The molecule has 2 aromatic carbocycles. The molecule has 3 N–H and O–H groups in total. The van der Waals surface area contributed by atoms with Gasteiger partial charge in [-0.05, 0) is 42.5 Å². The molecule has 3 aromatic rings. The third-order valence-corrected chi connectivity index (χ3v) is 5.39. The van der Waals surface area contributed by atoms with Crippen LogP contribution in [0.5, 0.6) is 0 Å². The number of carbonyl (C=O) groups is 2. The molecule has 1 aliphatic carbocycles. The van der Waals surface area contributed by atoms with Crippen LogP contribution in [0.1, 0.15) is 28.8 Å². The highest BCUT2D eigenvalue weighted by molar-refractivity contribution is 6.04. The van der Waals surface area contributed by atoms with Crippen LogP contribution in [0.15, 0.2) is 48.7 Å². The van der Waals surface area contributed by atoms with E-state index in [1.54, 1.807) is 23.0 Å². The van der Waals surface area contributed by atoms with Gasteiger partial charge in [0.15, 0.2) is 0 Å². The number of nitrogens with one attached hydrogen (secondary N) is 1. The highest BCUT2D eigenvalue weighted by atomic mass is 19.4. The Balaban J connectivity index is 1.40. The molecule has 32 heavy (non-hydrogen) atoms. The van der Waals surface area contributed by atoms with Gasteiger partial charge in [0.05, 0.1) is 11.3 Å². The van der Waals surface area contributed by atoms with Crippen LogP contribution in [-0.4, -0.2) is 40.5 Å². The molecule has 4 rings (SSSR count). The molecular weight excluding hydrogens is 425 g/mol. The van der Waals surface area contributed by atoms with Crippen molar-refractivity contribution in [2.45, 2.75) is 31.6 Å². The van der Waals surface area contributed by atoms with E-state index in [2.05, 4.69) is 15.2 Å². The molecule has 0 bridgehead atoms. The van der Waals surface area contributed by atoms with Crippen LogP contribution in [0.2, 0.25) is 0 Å². The van der Waals surface area contributed by atoms with Crippen molar-refractivity contribution in [1.29, 1.82) is 0 Å². The molecule has 0 saturated heterocycles. The van der Waals surface area contributed by atoms with E-state index < -0.39 is 18.1 Å². The lowest BCUT2D eigenvalue weighted by Gasteiger charge is -2.19. The molecule has 0 radical (unpaired) electrons. The summed E-state index contributed by atoms with van der Waals surface area (Å²) in [7, 11) is 0. The maximum absolute atomic E-state index is 12.3. The molecule has 1 fully saturated rings. The van der Waals surface area contributed by atoms with E-state index in [4.69, 9.17) is 5.73 Å². The largest absolute Gasteiger partial charge is 0.490 e. The smallest absolute Gasteiger partial charge is 0.457 e. The van der Waals surface area contributed by atoms with Crippen LogP contribution in [0, 0.1) is 5.92 Å². The third kappa shape index (κ3) is 4.91. The van der Waals surface area contributed by atoms with Gasteiger partial charge in [-0.15, -0.1) is 0 Å². The predicted octanol–water partition coefficient (Wildman–Crippen LogP) is 3.10. The second kappa shape index (κ2) is 8.62. The first-order valence-corrected chi connectivity index (χ1v) is 10.1. The summed E-state index contributed by atoms with van der Waals surface area (Å²) in [5.41, 5.74) is 7.97. The van der Waals surface area contributed by atoms with Crippen LogP contribution >= 0.6 is 0 Å². The molecule has 1 aromatic heterocycles. The lowest BCUT2D eigenvalue weighted by Crippen LogP contribution is -2.38. The van der Waals surface area contributed by atoms with Gasteiger partial charge < -0.3 is 15.8 Å². The van der Waals surface area contributed by atoms with Gasteiger partial charge in [-0.25, -0.2) is 9.48 Å². The molecular formula is C22H21F3N4O3. The van der Waals surface area contributed by atoms with Crippen LogP contribution in [0.3, 0.4) is 0 Å². The first-order chi connectivity index (χ1) is 15.2. The number of fused-ring (bicyclic) bond motifs is 1. The number of ether oxygens (including phenoxy) is 1. The second-order valence-electron chi connectivity index (χ2n) is 7.77. The summed E-state index contributed by atoms with van der Waals surface area (Å²) >= 11 is 0. The molecule has 1 heterocycles. The number of amides is 1. The van der Waals surface area contributed by atoms with Crippen molar-refractivity contribution in [2.24, 2.45) is 11.7 Å². The lowest BCUT2D eigenvalue weighted by molar-refractivity contribution is -0.200. The zero-order valence-corrected chi connectivity index (χ0v) is 16.9. The molecule has 1 saturated carbocycles. The van der Waals surface area contributed by atoms with Crippen molar-refractivity contribution >= 4 is 22.8 Å². The number of benzene rings is 2. The Labute approximate surface area is 181 Å². The van der Waals surface area contributed by atoms with Crippen molar-refractivity contribution in [2.75, 3.05) is 6.61 Å². The summed E-state index contributed by atoms with van der Waals surface area (Å²) in [6, 6.07) is 12.3. The fourth-order valence-corrected chi connectivity index (χ4v) is 3.50. The molecule has 1 aliphatic rings. The summed E-state index contributed by atoms with van der Waals surface area (Å²) in [5.74, 6) is -2.51. The molecule has 1 atom stereocenters. The maximum Gasteiger partial charge on any atom is 0.490 e. The number of alkyl halides is 3. The Hall–Kier alpha value is -3.40. The van der Waals surface area contributed by atoms with Crippen LogP contribution in [0.25, 0.3) is 16.6 Å². The standard InChI is InChI=1S/C22H21F3N4O3/c23-22(24,25)21(31)32-12-18(14-6-7-14)27-10-13-4-8-16(9-5-13)29-11-15-2-1-3-17(20(26)30)19(15)28-29/h1-5,8-9,11,14,18,27H,6-7,10,12H2,(H2,26,30). The molecule has 7 nitrogen and oxygen atoms in total. The van der Waals surface area contributed by atoms with E-state index in [1.165, 1.54) is 0 Å². The average molecular weight is 446 g/mol. The SMILES string of the molecule is NC(=O)c1cccc2cn(-c3ccc(CNC(COC(=O)C(F)(F)F)C4CC4)cc3)nc12. The van der Waals surface area contributed by atoms with Crippen LogP contribution in [0.4, 0.5) is 13.2 Å². The topological polar surface area (TPSA) is 99.2 Å². The van der Waals surface area contributed by atoms with Crippen molar-refractivity contribution < 1.29 is 27.5 Å². The minimum Gasteiger partial charge on any atom is -0.457 e.